The Morgan fingerprint density at radius 3 is 2.39 bits per heavy atom. The fourth-order valence-corrected chi connectivity index (χ4v) is 6.88. The van der Waals surface area contributed by atoms with Gasteiger partial charge in [-0.05, 0) is 115 Å². The summed E-state index contributed by atoms with van der Waals surface area (Å²) in [5.74, 6) is 3.96. The molecule has 1 heterocycles. The van der Waals surface area contributed by atoms with Gasteiger partial charge in [0, 0.05) is 44.1 Å². The minimum absolute atomic E-state index is 0.424. The van der Waals surface area contributed by atoms with Crippen LogP contribution in [0.3, 0.4) is 0 Å². The molecule has 5 heteroatoms. The summed E-state index contributed by atoms with van der Waals surface area (Å²) in [6.07, 6.45) is 13.9. The Morgan fingerprint density at radius 2 is 1.73 bits per heavy atom. The molecular weight excluding hydrogens is 603 g/mol. The number of terminal acetylenes is 1. The molecule has 0 spiro atoms. The number of nitrogens with two attached hydrogens (primary N) is 1. The Balaban J connectivity index is 1.31. The number of methoxy groups -OCH3 is 2. The van der Waals surface area contributed by atoms with E-state index >= 15 is 0 Å². The molecule has 0 aromatic heterocycles. The van der Waals surface area contributed by atoms with Crippen molar-refractivity contribution < 1.29 is 9.47 Å². The summed E-state index contributed by atoms with van der Waals surface area (Å²) in [4.78, 5) is 5.14. The average molecular weight is 652 g/mol. The smallest absolute Gasteiger partial charge is 0.176 e. The van der Waals surface area contributed by atoms with Crippen molar-refractivity contribution in [2.75, 3.05) is 38.8 Å². The summed E-state index contributed by atoms with van der Waals surface area (Å²) in [7, 11) is 3.25. The molecule has 5 nitrogen and oxygen atoms in total. The quantitative estimate of drug-likeness (QED) is 0.122. The van der Waals surface area contributed by atoms with E-state index in [1.54, 1.807) is 20.4 Å². The topological polar surface area (TPSA) is 51.0 Å². The van der Waals surface area contributed by atoms with Gasteiger partial charge in [0.15, 0.2) is 11.5 Å². The molecule has 252 valence electrons. The van der Waals surface area contributed by atoms with Crippen LogP contribution in [0.2, 0.25) is 0 Å². The minimum Gasteiger partial charge on any atom is -0.493 e. The van der Waals surface area contributed by atoms with E-state index in [9.17, 15) is 0 Å². The molecule has 0 saturated carbocycles. The maximum absolute atomic E-state index is 6.15. The van der Waals surface area contributed by atoms with Gasteiger partial charge < -0.3 is 20.1 Å². The lowest BCUT2D eigenvalue weighted by Gasteiger charge is -2.40. The third-order valence-corrected chi connectivity index (χ3v) is 9.65. The number of anilines is 1. The molecule has 0 unspecified atom stereocenters. The molecule has 1 saturated heterocycles. The number of piperidine rings is 1. The van der Waals surface area contributed by atoms with E-state index in [1.807, 2.05) is 18.2 Å². The van der Waals surface area contributed by atoms with E-state index in [0.717, 1.165) is 66.8 Å². The predicted octanol–water partition coefficient (Wildman–Crippen LogP) is 9.03. The van der Waals surface area contributed by atoms with Gasteiger partial charge in [-0.15, -0.1) is 6.42 Å². The van der Waals surface area contributed by atoms with Crippen molar-refractivity contribution in [1.82, 2.24) is 4.90 Å². The first-order valence-electron chi connectivity index (χ1n) is 17.0. The number of nitrogens with zero attached hydrogens (tertiary/aromatic N) is 2. The highest BCUT2D eigenvalue weighted by molar-refractivity contribution is 5.77. The van der Waals surface area contributed by atoms with Gasteiger partial charge in [-0.1, -0.05) is 72.7 Å². The first-order chi connectivity index (χ1) is 23.8. The molecule has 49 heavy (non-hydrogen) atoms. The van der Waals surface area contributed by atoms with Crippen molar-refractivity contribution in [3.05, 3.63) is 137 Å². The first-order valence-corrected chi connectivity index (χ1v) is 17.0. The number of hydrogen-bond acceptors (Lipinski definition) is 5. The Morgan fingerprint density at radius 1 is 0.980 bits per heavy atom. The number of allylic oxidation sites excluding steroid dienone is 2. The fourth-order valence-electron chi connectivity index (χ4n) is 6.88. The highest BCUT2D eigenvalue weighted by Crippen LogP contribution is 2.37. The van der Waals surface area contributed by atoms with Crippen LogP contribution in [-0.4, -0.2) is 44.8 Å². The third kappa shape index (κ3) is 8.28. The Hall–Kier alpha value is -5.18. The van der Waals surface area contributed by atoms with Crippen molar-refractivity contribution in [3.8, 4) is 35.0 Å². The van der Waals surface area contributed by atoms with Crippen LogP contribution in [0.5, 0.6) is 11.5 Å². The number of ether oxygens (including phenoxy) is 2. The van der Waals surface area contributed by atoms with Crippen LogP contribution < -0.4 is 20.1 Å². The van der Waals surface area contributed by atoms with E-state index in [1.165, 1.54) is 28.0 Å². The largest absolute Gasteiger partial charge is 0.493 e. The van der Waals surface area contributed by atoms with E-state index < -0.39 is 0 Å². The van der Waals surface area contributed by atoms with Crippen LogP contribution in [0.1, 0.15) is 53.1 Å². The number of hydrogen-bond donors (Lipinski definition) is 1. The van der Waals surface area contributed by atoms with Gasteiger partial charge in [0.05, 0.1) is 19.8 Å². The molecule has 0 radical (unpaired) electrons. The summed E-state index contributed by atoms with van der Waals surface area (Å²) in [6.45, 7) is 14.3. The van der Waals surface area contributed by atoms with Crippen LogP contribution in [0.15, 0.2) is 103 Å². The highest BCUT2D eigenvalue weighted by atomic mass is 16.5. The lowest BCUT2D eigenvalue weighted by Crippen LogP contribution is -2.45. The van der Waals surface area contributed by atoms with E-state index in [0.29, 0.717) is 23.1 Å². The van der Waals surface area contributed by atoms with Crippen molar-refractivity contribution in [3.63, 3.8) is 0 Å². The summed E-state index contributed by atoms with van der Waals surface area (Å²) < 4.78 is 11.2. The zero-order valence-electron chi connectivity index (χ0n) is 29.6. The summed E-state index contributed by atoms with van der Waals surface area (Å²) in [5.41, 5.74) is 18.5. The van der Waals surface area contributed by atoms with Crippen LogP contribution in [0, 0.1) is 26.2 Å². The molecule has 0 aliphatic carbocycles. The molecule has 1 aliphatic heterocycles. The summed E-state index contributed by atoms with van der Waals surface area (Å²) >= 11 is 0. The van der Waals surface area contributed by atoms with E-state index in [4.69, 9.17) is 21.6 Å². The van der Waals surface area contributed by atoms with Crippen molar-refractivity contribution >= 4 is 17.3 Å². The van der Waals surface area contributed by atoms with E-state index in [-0.39, 0.29) is 0 Å². The Bertz CT molecular complexity index is 1870. The van der Waals surface area contributed by atoms with Crippen LogP contribution in [-0.2, 0) is 6.54 Å². The number of likely N-dealkylation sites (tertiary alicyclic amines) is 1. The second kappa shape index (κ2) is 16.3. The molecule has 1 aliphatic rings. The second-order valence-corrected chi connectivity index (χ2v) is 12.9. The molecular formula is C44H49N3O2. The fraction of sp³-hybridized carbons (Fsp3) is 0.273. The van der Waals surface area contributed by atoms with Crippen LogP contribution >= 0.6 is 0 Å². The first kappa shape index (κ1) is 35.1. The van der Waals surface area contributed by atoms with Gasteiger partial charge >= 0.3 is 0 Å². The van der Waals surface area contributed by atoms with E-state index in [2.05, 4.69) is 116 Å². The molecule has 2 N–H and O–H groups in total. The number of rotatable bonds is 12. The van der Waals surface area contributed by atoms with Gasteiger partial charge in [0.25, 0.3) is 0 Å². The van der Waals surface area contributed by atoms with Gasteiger partial charge in [-0.2, -0.15) is 0 Å². The second-order valence-electron chi connectivity index (χ2n) is 12.9. The van der Waals surface area contributed by atoms with Gasteiger partial charge in [-0.3, -0.25) is 4.90 Å². The van der Waals surface area contributed by atoms with Crippen molar-refractivity contribution in [2.45, 2.75) is 46.2 Å². The van der Waals surface area contributed by atoms with Gasteiger partial charge in [0.1, 0.15) is 0 Å². The molecule has 0 amide bonds. The van der Waals surface area contributed by atoms with Crippen molar-refractivity contribution in [1.29, 1.82) is 0 Å². The van der Waals surface area contributed by atoms with Crippen LogP contribution in [0.4, 0.5) is 5.69 Å². The number of aryl methyl sites for hydroxylation is 1. The highest BCUT2D eigenvalue weighted by Gasteiger charge is 2.25. The molecule has 0 bridgehead atoms. The zero-order valence-corrected chi connectivity index (χ0v) is 29.6. The normalized spacial score (nSPS) is 14.3. The van der Waals surface area contributed by atoms with Crippen molar-refractivity contribution in [2.24, 2.45) is 5.73 Å². The lowest BCUT2D eigenvalue weighted by atomic mass is 9.95. The molecule has 1 fully saturated rings. The Kier molecular flexibility index (Phi) is 11.7. The third-order valence-electron chi connectivity index (χ3n) is 9.65. The van der Waals surface area contributed by atoms with Gasteiger partial charge in [0.2, 0.25) is 0 Å². The summed E-state index contributed by atoms with van der Waals surface area (Å²) in [6, 6.07) is 28.3. The predicted molar refractivity (Wildman–Crippen MR) is 207 cm³/mol. The standard InChI is InChI=1S/C44H49N3O2/c1-8-35-25-38(23-32(4)33(35)5)40(28-45)22-31(3)29-46-20-18-42(19-21-46)47(41-16-11-10-12-17-41)30-34-14-13-15-37(24-34)39-26-36(9-2)44(49-7)43(27-39)48-6/h2,8,10-17,22-28,42H,1,18-21,29-30,45H2,3-7H3/b31-22+,40-28+. The van der Waals surface area contributed by atoms with Crippen LogP contribution in [0.25, 0.3) is 22.8 Å². The molecule has 4 aromatic carbocycles. The minimum atomic E-state index is 0.424. The molecule has 0 atom stereocenters. The monoisotopic (exact) mass is 651 g/mol. The molecule has 4 aromatic rings. The lowest BCUT2D eigenvalue weighted by molar-refractivity contribution is 0.223. The number of benzene rings is 4. The maximum Gasteiger partial charge on any atom is 0.176 e. The average Bonchev–Trinajstić information content (AvgIpc) is 3.14. The summed E-state index contributed by atoms with van der Waals surface area (Å²) in [5, 5.41) is 0. The SMILES string of the molecule is C#Cc1cc(-c2cccc(CN(c3ccccc3)C3CCN(C/C(C)=C/C(=C\N)c4cc(C)c(C)c(C=C)c4)CC3)c2)cc(OC)c1OC. The molecule has 5 rings (SSSR count). The maximum atomic E-state index is 6.15. The zero-order chi connectivity index (χ0) is 34.9. The Labute approximate surface area is 293 Å². The van der Waals surface area contributed by atoms with Gasteiger partial charge in [-0.25, -0.2) is 0 Å². The number of para-hydroxylation sites is 1.